The van der Waals surface area contributed by atoms with Crippen LogP contribution in [0.3, 0.4) is 0 Å². The van der Waals surface area contributed by atoms with Gasteiger partial charge in [-0.05, 0) is 11.6 Å². The average molecular weight is 344 g/mol. The van der Waals surface area contributed by atoms with Crippen LogP contribution in [-0.2, 0) is 9.59 Å². The summed E-state index contributed by atoms with van der Waals surface area (Å²) < 4.78 is 0. The monoisotopic (exact) mass is 344 g/mol. The van der Waals surface area contributed by atoms with Crippen molar-refractivity contribution in [2.45, 2.75) is 12.1 Å². The van der Waals surface area contributed by atoms with Gasteiger partial charge in [0.1, 0.15) is 6.04 Å². The van der Waals surface area contributed by atoms with Gasteiger partial charge in [-0.3, -0.25) is 19.7 Å². The minimum absolute atomic E-state index is 0.127. The lowest BCUT2D eigenvalue weighted by molar-refractivity contribution is -0.126. The number of ketones is 1. The maximum atomic E-state index is 13.3. The van der Waals surface area contributed by atoms with Crippen LogP contribution in [0, 0.1) is 11.8 Å². The Labute approximate surface area is 150 Å². The van der Waals surface area contributed by atoms with E-state index in [1.807, 2.05) is 47.4 Å². The quantitative estimate of drug-likeness (QED) is 0.669. The predicted octanol–water partition coefficient (Wildman–Crippen LogP) is 2.04. The number of hydrogen-bond donors (Lipinski definition) is 1. The summed E-state index contributed by atoms with van der Waals surface area (Å²) in [5.41, 5.74) is 2.43. The highest BCUT2D eigenvalue weighted by Gasteiger charge is 2.61. The Hall–Kier alpha value is -3.21. The highest BCUT2D eigenvalue weighted by atomic mass is 16.2. The van der Waals surface area contributed by atoms with Crippen molar-refractivity contribution in [1.29, 1.82) is 0 Å². The van der Waals surface area contributed by atoms with Gasteiger partial charge in [-0.25, -0.2) is 0 Å². The van der Waals surface area contributed by atoms with Crippen LogP contribution < -0.4 is 10.2 Å². The Kier molecular flexibility index (Phi) is 3.13. The molecule has 26 heavy (non-hydrogen) atoms. The molecule has 4 atom stereocenters. The number of hydrogen-bond acceptors (Lipinski definition) is 4. The van der Waals surface area contributed by atoms with Crippen molar-refractivity contribution in [2.24, 2.45) is 11.8 Å². The van der Waals surface area contributed by atoms with Crippen LogP contribution in [0.1, 0.15) is 15.9 Å². The van der Waals surface area contributed by atoms with Gasteiger partial charge in [-0.1, -0.05) is 60.7 Å². The Morgan fingerprint density at radius 3 is 2.38 bits per heavy atom. The summed E-state index contributed by atoms with van der Waals surface area (Å²) in [4.78, 5) is 40.3. The van der Waals surface area contributed by atoms with Crippen molar-refractivity contribution >= 4 is 29.4 Å². The molecule has 0 spiro atoms. The molecular weight excluding hydrogens is 328 g/mol. The third-order valence-corrected chi connectivity index (χ3v) is 5.58. The number of nitrogens with zero attached hydrogens (tertiary/aromatic N) is 1. The number of fused-ring (bicyclic) bond motifs is 5. The lowest BCUT2D eigenvalue weighted by Gasteiger charge is -2.35. The van der Waals surface area contributed by atoms with Gasteiger partial charge >= 0.3 is 0 Å². The van der Waals surface area contributed by atoms with E-state index >= 15 is 0 Å². The molecule has 5 nitrogen and oxygen atoms in total. The molecule has 0 aromatic heterocycles. The second-order valence-corrected chi connectivity index (χ2v) is 6.90. The molecule has 3 aliphatic heterocycles. The van der Waals surface area contributed by atoms with Crippen molar-refractivity contribution in [3.63, 3.8) is 0 Å². The summed E-state index contributed by atoms with van der Waals surface area (Å²) in [5, 5.41) is 2.42. The van der Waals surface area contributed by atoms with Gasteiger partial charge in [0, 0.05) is 11.3 Å². The summed E-state index contributed by atoms with van der Waals surface area (Å²) in [7, 11) is 0. The second-order valence-electron chi connectivity index (χ2n) is 6.90. The minimum atomic E-state index is -0.690. The van der Waals surface area contributed by atoms with E-state index in [1.54, 1.807) is 24.3 Å². The minimum Gasteiger partial charge on any atom is -0.352 e. The van der Waals surface area contributed by atoms with Gasteiger partial charge in [-0.2, -0.15) is 0 Å². The fourth-order valence-corrected chi connectivity index (χ4v) is 4.50. The molecule has 1 N–H and O–H groups in total. The van der Waals surface area contributed by atoms with Gasteiger partial charge < -0.3 is 4.90 Å². The molecule has 128 valence electrons. The first-order chi connectivity index (χ1) is 12.7. The maximum Gasteiger partial charge on any atom is 0.233 e. The predicted molar refractivity (Wildman–Crippen MR) is 96.4 cm³/mol. The molecule has 0 saturated carbocycles. The fraction of sp³-hybridized carbons (Fsp3) is 0.190. The molecule has 0 bridgehead atoms. The van der Waals surface area contributed by atoms with Crippen LogP contribution in [0.15, 0.2) is 60.7 Å². The highest BCUT2D eigenvalue weighted by molar-refractivity contribution is 6.14. The second kappa shape index (κ2) is 5.39. The molecule has 0 aliphatic carbocycles. The van der Waals surface area contributed by atoms with Crippen LogP contribution in [0.2, 0.25) is 0 Å². The van der Waals surface area contributed by atoms with Crippen LogP contribution in [0.4, 0.5) is 5.69 Å². The van der Waals surface area contributed by atoms with Crippen molar-refractivity contribution < 1.29 is 14.4 Å². The van der Waals surface area contributed by atoms with Crippen LogP contribution >= 0.6 is 0 Å². The number of nitrogens with one attached hydrogen (secondary N) is 1. The van der Waals surface area contributed by atoms with E-state index in [1.165, 1.54) is 0 Å². The molecule has 2 aromatic rings. The van der Waals surface area contributed by atoms with Gasteiger partial charge in [0.2, 0.25) is 11.8 Å². The summed E-state index contributed by atoms with van der Waals surface area (Å²) in [6, 6.07) is 15.8. The van der Waals surface area contributed by atoms with E-state index in [0.717, 1.165) is 11.3 Å². The summed E-state index contributed by atoms with van der Waals surface area (Å²) >= 11 is 0. The topological polar surface area (TPSA) is 66.5 Å². The number of rotatable bonds is 2. The Morgan fingerprint density at radius 1 is 0.885 bits per heavy atom. The number of amides is 2. The van der Waals surface area contributed by atoms with E-state index in [0.29, 0.717) is 5.56 Å². The van der Waals surface area contributed by atoms with Crippen molar-refractivity contribution in [3.05, 3.63) is 71.8 Å². The van der Waals surface area contributed by atoms with Crippen molar-refractivity contribution in [1.82, 2.24) is 5.32 Å². The van der Waals surface area contributed by atoms with E-state index in [-0.39, 0.29) is 23.6 Å². The van der Waals surface area contributed by atoms with Gasteiger partial charge in [0.05, 0.1) is 17.9 Å². The van der Waals surface area contributed by atoms with Crippen LogP contribution in [0.25, 0.3) is 6.08 Å². The zero-order valence-corrected chi connectivity index (χ0v) is 13.8. The highest BCUT2D eigenvalue weighted by Crippen LogP contribution is 2.46. The zero-order valence-electron chi connectivity index (χ0n) is 13.8. The molecular formula is C21H16N2O3. The lowest BCUT2D eigenvalue weighted by Crippen LogP contribution is -2.47. The standard InChI is InChI=1S/C21H16N2O3/c24-19(13-7-2-1-3-8-13)18-17-16(20(25)22-21(17)26)15-11-10-12-6-4-5-9-14(12)23(15)18/h1-11,15-18H,(H,22,25,26)/t15-,16-,17-,18+/m1/s1. The molecule has 5 rings (SSSR count). The van der Waals surface area contributed by atoms with E-state index in [4.69, 9.17) is 0 Å². The number of benzene rings is 2. The lowest BCUT2D eigenvalue weighted by atomic mass is 9.86. The number of para-hydroxylation sites is 1. The average Bonchev–Trinajstić information content (AvgIpc) is 3.17. The summed E-state index contributed by atoms with van der Waals surface area (Å²) in [5.74, 6) is -1.98. The first-order valence-corrected chi connectivity index (χ1v) is 8.66. The molecule has 2 amide bonds. The smallest absolute Gasteiger partial charge is 0.233 e. The Morgan fingerprint density at radius 2 is 1.58 bits per heavy atom. The molecule has 2 fully saturated rings. The molecule has 5 heteroatoms. The summed E-state index contributed by atoms with van der Waals surface area (Å²) in [6.45, 7) is 0. The molecule has 3 aliphatic rings. The maximum absolute atomic E-state index is 13.3. The van der Waals surface area contributed by atoms with E-state index < -0.39 is 17.9 Å². The van der Waals surface area contributed by atoms with Gasteiger partial charge in [0.25, 0.3) is 0 Å². The zero-order chi connectivity index (χ0) is 17.8. The summed E-state index contributed by atoms with van der Waals surface area (Å²) in [6.07, 6.45) is 3.91. The SMILES string of the molecule is O=C1NC(=O)[C@H]2[C@@H]1[C@@H](C(=O)c1ccccc1)N1c3ccccc3C=C[C@H]21. The fourth-order valence-electron chi connectivity index (χ4n) is 4.50. The molecule has 3 heterocycles. The molecule has 2 saturated heterocycles. The van der Waals surface area contributed by atoms with Crippen LogP contribution in [-0.4, -0.2) is 29.7 Å². The van der Waals surface area contributed by atoms with E-state index in [2.05, 4.69) is 5.32 Å². The Balaban J connectivity index is 1.68. The van der Waals surface area contributed by atoms with Crippen molar-refractivity contribution in [3.8, 4) is 0 Å². The molecule has 0 radical (unpaired) electrons. The number of imide groups is 1. The van der Waals surface area contributed by atoms with Gasteiger partial charge in [0.15, 0.2) is 5.78 Å². The van der Waals surface area contributed by atoms with Crippen LogP contribution in [0.5, 0.6) is 0 Å². The first-order valence-electron chi connectivity index (χ1n) is 8.66. The number of carbonyl (C=O) groups excluding carboxylic acids is 3. The Bertz CT molecular complexity index is 966. The van der Waals surface area contributed by atoms with Crippen molar-refractivity contribution in [2.75, 3.05) is 4.90 Å². The largest absolute Gasteiger partial charge is 0.352 e. The number of Topliss-reactive ketones (excluding diaryl/α,β-unsaturated/α-hetero) is 1. The normalized spacial score (nSPS) is 28.4. The van der Waals surface area contributed by atoms with Gasteiger partial charge in [-0.15, -0.1) is 0 Å². The van der Waals surface area contributed by atoms with E-state index in [9.17, 15) is 14.4 Å². The first kappa shape index (κ1) is 15.1. The third-order valence-electron chi connectivity index (χ3n) is 5.58. The molecule has 0 unspecified atom stereocenters. The third kappa shape index (κ3) is 1.94. The number of carbonyl (C=O) groups is 3. The molecule has 2 aromatic carbocycles. The number of anilines is 1.